The molecule has 0 bridgehead atoms. The van der Waals surface area contributed by atoms with E-state index in [4.69, 9.17) is 5.11 Å². The highest BCUT2D eigenvalue weighted by atomic mass is 16.4. The van der Waals surface area contributed by atoms with Gasteiger partial charge in [-0.3, -0.25) is 14.8 Å². The van der Waals surface area contributed by atoms with E-state index in [0.717, 1.165) is 0 Å². The van der Waals surface area contributed by atoms with Crippen LogP contribution in [0.2, 0.25) is 0 Å². The second kappa shape index (κ2) is 5.05. The lowest BCUT2D eigenvalue weighted by atomic mass is 10.2. The summed E-state index contributed by atoms with van der Waals surface area (Å²) in [6.45, 7) is 0. The molecular weight excluding hydrogens is 234 g/mol. The standard InChI is InChI=1S/C12H9N3O3/c16-11(15-10-2-1-3-13-7-10)8-4-9(12(17)18)6-14-5-8/h1-7H,(H,15,16)(H,17,18). The molecule has 2 aromatic rings. The normalized spacial score (nSPS) is 9.78. The molecule has 2 aromatic heterocycles. The number of hydrogen-bond acceptors (Lipinski definition) is 4. The van der Waals surface area contributed by atoms with Crippen molar-refractivity contribution < 1.29 is 14.7 Å². The average Bonchev–Trinajstić information content (AvgIpc) is 2.40. The van der Waals surface area contributed by atoms with Crippen LogP contribution in [-0.2, 0) is 0 Å². The van der Waals surface area contributed by atoms with Crippen molar-refractivity contribution in [2.75, 3.05) is 5.32 Å². The van der Waals surface area contributed by atoms with Crippen LogP contribution >= 0.6 is 0 Å². The summed E-state index contributed by atoms with van der Waals surface area (Å²) in [6.07, 6.45) is 5.57. The smallest absolute Gasteiger partial charge is 0.337 e. The fourth-order valence-corrected chi connectivity index (χ4v) is 1.32. The van der Waals surface area contributed by atoms with E-state index >= 15 is 0 Å². The number of pyridine rings is 2. The lowest BCUT2D eigenvalue weighted by molar-refractivity contribution is 0.0696. The van der Waals surface area contributed by atoms with Crippen molar-refractivity contribution >= 4 is 17.6 Å². The van der Waals surface area contributed by atoms with Gasteiger partial charge in [0.05, 0.1) is 23.0 Å². The molecule has 2 rings (SSSR count). The molecule has 2 N–H and O–H groups in total. The van der Waals surface area contributed by atoms with Crippen molar-refractivity contribution in [1.29, 1.82) is 0 Å². The summed E-state index contributed by atoms with van der Waals surface area (Å²) in [4.78, 5) is 30.1. The van der Waals surface area contributed by atoms with Gasteiger partial charge < -0.3 is 10.4 Å². The lowest BCUT2D eigenvalue weighted by Crippen LogP contribution is -2.13. The molecule has 0 radical (unpaired) electrons. The van der Waals surface area contributed by atoms with Gasteiger partial charge in [0.1, 0.15) is 0 Å². The quantitative estimate of drug-likeness (QED) is 0.850. The Morgan fingerprint density at radius 3 is 2.56 bits per heavy atom. The predicted octanol–water partition coefficient (Wildman–Crippen LogP) is 1.43. The Bertz CT molecular complexity index is 584. The minimum atomic E-state index is -1.13. The van der Waals surface area contributed by atoms with Crippen LogP contribution in [-0.4, -0.2) is 27.0 Å². The lowest BCUT2D eigenvalue weighted by Gasteiger charge is -2.04. The van der Waals surface area contributed by atoms with Crippen LogP contribution in [0, 0.1) is 0 Å². The molecule has 0 fully saturated rings. The predicted molar refractivity (Wildman–Crippen MR) is 63.4 cm³/mol. The summed E-state index contributed by atoms with van der Waals surface area (Å²) in [7, 11) is 0. The number of carboxylic acids is 1. The van der Waals surface area contributed by atoms with Gasteiger partial charge >= 0.3 is 5.97 Å². The minimum Gasteiger partial charge on any atom is -0.478 e. The number of carbonyl (C=O) groups is 2. The van der Waals surface area contributed by atoms with Crippen LogP contribution in [0.15, 0.2) is 43.0 Å². The second-order valence-corrected chi connectivity index (χ2v) is 3.46. The zero-order valence-corrected chi connectivity index (χ0v) is 9.20. The molecule has 18 heavy (non-hydrogen) atoms. The van der Waals surface area contributed by atoms with E-state index < -0.39 is 11.9 Å². The molecule has 6 heteroatoms. The molecule has 0 aliphatic heterocycles. The first-order chi connectivity index (χ1) is 8.66. The van der Waals surface area contributed by atoms with Gasteiger partial charge in [0.15, 0.2) is 0 Å². The van der Waals surface area contributed by atoms with Gasteiger partial charge in [-0.1, -0.05) is 0 Å². The third-order valence-electron chi connectivity index (χ3n) is 2.17. The molecule has 0 atom stereocenters. The van der Waals surface area contributed by atoms with Gasteiger partial charge in [0, 0.05) is 18.6 Å². The number of hydrogen-bond donors (Lipinski definition) is 2. The van der Waals surface area contributed by atoms with Crippen LogP contribution in [0.4, 0.5) is 5.69 Å². The summed E-state index contributed by atoms with van der Waals surface area (Å²) in [5, 5.41) is 11.4. The van der Waals surface area contributed by atoms with Crippen LogP contribution in [0.3, 0.4) is 0 Å². The Kier molecular flexibility index (Phi) is 3.29. The van der Waals surface area contributed by atoms with E-state index in [-0.39, 0.29) is 11.1 Å². The molecule has 2 heterocycles. The van der Waals surface area contributed by atoms with Gasteiger partial charge in [0.2, 0.25) is 0 Å². The molecular formula is C12H9N3O3. The Morgan fingerprint density at radius 1 is 1.11 bits per heavy atom. The highest BCUT2D eigenvalue weighted by molar-refractivity contribution is 6.05. The molecule has 0 aliphatic carbocycles. The van der Waals surface area contributed by atoms with Crippen LogP contribution in [0.5, 0.6) is 0 Å². The van der Waals surface area contributed by atoms with E-state index in [1.54, 1.807) is 18.3 Å². The van der Waals surface area contributed by atoms with Crippen LogP contribution in [0.1, 0.15) is 20.7 Å². The molecule has 0 aliphatic rings. The maximum atomic E-state index is 11.8. The summed E-state index contributed by atoms with van der Waals surface area (Å²) in [5.41, 5.74) is 0.677. The fraction of sp³-hybridized carbons (Fsp3) is 0. The van der Waals surface area contributed by atoms with E-state index in [9.17, 15) is 9.59 Å². The Balaban J connectivity index is 2.19. The summed E-state index contributed by atoms with van der Waals surface area (Å²) >= 11 is 0. The van der Waals surface area contributed by atoms with Crippen molar-refractivity contribution in [3.8, 4) is 0 Å². The second-order valence-electron chi connectivity index (χ2n) is 3.46. The first kappa shape index (κ1) is 11.7. The van der Waals surface area contributed by atoms with Gasteiger partial charge in [-0.25, -0.2) is 4.79 Å². The molecule has 0 unspecified atom stereocenters. The van der Waals surface area contributed by atoms with E-state index in [2.05, 4.69) is 15.3 Å². The van der Waals surface area contributed by atoms with Crippen molar-refractivity contribution in [1.82, 2.24) is 9.97 Å². The Labute approximate surface area is 102 Å². The third-order valence-corrected chi connectivity index (χ3v) is 2.17. The summed E-state index contributed by atoms with van der Waals surface area (Å²) in [5.74, 6) is -1.56. The molecule has 0 spiro atoms. The topological polar surface area (TPSA) is 92.2 Å². The van der Waals surface area contributed by atoms with Gasteiger partial charge in [0.25, 0.3) is 5.91 Å². The monoisotopic (exact) mass is 243 g/mol. The molecule has 1 amide bonds. The van der Waals surface area contributed by atoms with Crippen molar-refractivity contribution in [3.05, 3.63) is 54.1 Å². The number of nitrogens with zero attached hydrogens (tertiary/aromatic N) is 2. The highest BCUT2D eigenvalue weighted by Crippen LogP contribution is 2.08. The number of anilines is 1. The van der Waals surface area contributed by atoms with Crippen LogP contribution < -0.4 is 5.32 Å². The number of nitrogens with one attached hydrogen (secondary N) is 1. The largest absolute Gasteiger partial charge is 0.478 e. The first-order valence-corrected chi connectivity index (χ1v) is 5.06. The fourth-order valence-electron chi connectivity index (χ4n) is 1.32. The van der Waals surface area contributed by atoms with Gasteiger partial charge in [-0.2, -0.15) is 0 Å². The van der Waals surface area contributed by atoms with Crippen LogP contribution in [0.25, 0.3) is 0 Å². The maximum Gasteiger partial charge on any atom is 0.337 e. The first-order valence-electron chi connectivity index (χ1n) is 5.06. The molecule has 6 nitrogen and oxygen atoms in total. The molecule has 0 aromatic carbocycles. The van der Waals surface area contributed by atoms with Crippen molar-refractivity contribution in [3.63, 3.8) is 0 Å². The van der Waals surface area contributed by atoms with Gasteiger partial charge in [-0.15, -0.1) is 0 Å². The molecule has 0 saturated carbocycles. The van der Waals surface area contributed by atoms with Gasteiger partial charge in [-0.05, 0) is 18.2 Å². The molecule has 0 saturated heterocycles. The number of aromatic nitrogens is 2. The maximum absolute atomic E-state index is 11.8. The third kappa shape index (κ3) is 2.67. The van der Waals surface area contributed by atoms with E-state index in [1.807, 2.05) is 0 Å². The Morgan fingerprint density at radius 2 is 1.89 bits per heavy atom. The highest BCUT2D eigenvalue weighted by Gasteiger charge is 2.10. The Hall–Kier alpha value is -2.76. The summed E-state index contributed by atoms with van der Waals surface area (Å²) in [6, 6.07) is 4.63. The minimum absolute atomic E-state index is 0.0335. The summed E-state index contributed by atoms with van der Waals surface area (Å²) < 4.78 is 0. The van der Waals surface area contributed by atoms with Crippen molar-refractivity contribution in [2.24, 2.45) is 0 Å². The SMILES string of the molecule is O=C(O)c1cncc(C(=O)Nc2cccnc2)c1. The van der Waals surface area contributed by atoms with E-state index in [0.29, 0.717) is 5.69 Å². The number of carboxylic acid groups (broad SMARTS) is 1. The number of rotatable bonds is 3. The molecule has 90 valence electrons. The average molecular weight is 243 g/mol. The number of aromatic carboxylic acids is 1. The number of carbonyl (C=O) groups excluding carboxylic acids is 1. The number of amides is 1. The zero-order valence-electron chi connectivity index (χ0n) is 9.20. The van der Waals surface area contributed by atoms with Crippen molar-refractivity contribution in [2.45, 2.75) is 0 Å². The van der Waals surface area contributed by atoms with E-state index in [1.165, 1.54) is 24.7 Å². The zero-order chi connectivity index (χ0) is 13.0.